The third-order valence-electron chi connectivity index (χ3n) is 1.36. The molecular weight excluding hydrogens is 172 g/mol. The second-order valence-corrected chi connectivity index (χ2v) is 3.48. The maximum Gasteiger partial charge on any atom is 2.00 e. The van der Waals surface area contributed by atoms with Crippen molar-refractivity contribution in [1.29, 1.82) is 0 Å². The number of carbonyl (C=O) groups is 2. The molecule has 0 aliphatic heterocycles. The van der Waals surface area contributed by atoms with Crippen molar-refractivity contribution in [3.8, 4) is 0 Å². The van der Waals surface area contributed by atoms with Crippen molar-refractivity contribution >= 4 is 35.0 Å². The first kappa shape index (κ1) is 14.2. The molecule has 0 saturated carbocycles. The number of carboxylic acids is 2. The van der Waals surface area contributed by atoms with Gasteiger partial charge in [-0.2, -0.15) is 0 Å². The van der Waals surface area contributed by atoms with Gasteiger partial charge in [0.05, 0.1) is 0 Å². The predicted octanol–water partition coefficient (Wildman–Crippen LogP) is 0.662. The van der Waals surface area contributed by atoms with E-state index in [-0.39, 0.29) is 25.9 Å². The van der Waals surface area contributed by atoms with Crippen LogP contribution in [0.1, 0.15) is 23.6 Å². The molecule has 0 aromatic rings. The standard InChI is InChI=1S/C7H12O4.Mg.2H/c1-7(2,3)4(5(8)9)6(10)11;;;/h4H,1-3H3,(H,8,9)(H,10,11);;;/q;+2;2*-1. The van der Waals surface area contributed by atoms with Crippen LogP contribution in [-0.2, 0) is 9.59 Å². The van der Waals surface area contributed by atoms with Gasteiger partial charge < -0.3 is 13.1 Å². The summed E-state index contributed by atoms with van der Waals surface area (Å²) in [4.78, 5) is 20.8. The number of aliphatic carboxylic acids is 2. The second-order valence-electron chi connectivity index (χ2n) is 3.48. The van der Waals surface area contributed by atoms with Crippen LogP contribution < -0.4 is 0 Å². The minimum Gasteiger partial charge on any atom is -1.00 e. The first-order valence-electron chi connectivity index (χ1n) is 3.22. The maximum absolute atomic E-state index is 10.4. The number of carboxylic acid groups (broad SMARTS) is 2. The van der Waals surface area contributed by atoms with Crippen molar-refractivity contribution in [3.05, 3.63) is 0 Å². The Morgan fingerprint density at radius 1 is 1.17 bits per heavy atom. The summed E-state index contributed by atoms with van der Waals surface area (Å²) in [7, 11) is 0. The van der Waals surface area contributed by atoms with Crippen LogP contribution in [0, 0.1) is 11.3 Å². The fraction of sp³-hybridized carbons (Fsp3) is 0.714. The Hall–Kier alpha value is -0.294. The zero-order chi connectivity index (χ0) is 9.23. The Kier molecular flexibility index (Phi) is 5.54. The summed E-state index contributed by atoms with van der Waals surface area (Å²) in [5, 5.41) is 17.0. The van der Waals surface area contributed by atoms with Crippen LogP contribution >= 0.6 is 0 Å². The van der Waals surface area contributed by atoms with Gasteiger partial charge >= 0.3 is 35.0 Å². The van der Waals surface area contributed by atoms with E-state index in [9.17, 15) is 9.59 Å². The van der Waals surface area contributed by atoms with Crippen molar-refractivity contribution in [3.63, 3.8) is 0 Å². The van der Waals surface area contributed by atoms with Crippen LogP contribution in [0.2, 0.25) is 0 Å². The summed E-state index contributed by atoms with van der Waals surface area (Å²) < 4.78 is 0. The minimum atomic E-state index is -1.33. The predicted molar refractivity (Wildman–Crippen MR) is 46.2 cm³/mol. The van der Waals surface area contributed by atoms with E-state index in [1.165, 1.54) is 0 Å². The van der Waals surface area contributed by atoms with Gasteiger partial charge in [-0.1, -0.05) is 20.8 Å². The molecule has 0 aromatic carbocycles. The van der Waals surface area contributed by atoms with E-state index in [1.54, 1.807) is 20.8 Å². The average molecular weight is 186 g/mol. The molecule has 4 nitrogen and oxygen atoms in total. The molecular formula is C7H14MgO4. The zero-order valence-corrected chi connectivity index (χ0v) is 8.91. The molecule has 0 heterocycles. The fourth-order valence-electron chi connectivity index (χ4n) is 0.846. The molecule has 0 unspecified atom stereocenters. The molecule has 2 N–H and O–H groups in total. The van der Waals surface area contributed by atoms with Gasteiger partial charge in [-0.3, -0.25) is 9.59 Å². The van der Waals surface area contributed by atoms with E-state index in [4.69, 9.17) is 10.2 Å². The van der Waals surface area contributed by atoms with Gasteiger partial charge in [0, 0.05) is 0 Å². The minimum absolute atomic E-state index is 0. The summed E-state index contributed by atoms with van der Waals surface area (Å²) in [5.74, 6) is -3.91. The number of rotatable bonds is 2. The van der Waals surface area contributed by atoms with Crippen molar-refractivity contribution in [2.75, 3.05) is 0 Å². The van der Waals surface area contributed by atoms with Crippen molar-refractivity contribution in [1.82, 2.24) is 0 Å². The Balaban J connectivity index is -0.000000167. The van der Waals surface area contributed by atoms with Crippen LogP contribution in [0.15, 0.2) is 0 Å². The first-order chi connectivity index (χ1) is 4.76. The molecule has 12 heavy (non-hydrogen) atoms. The second kappa shape index (κ2) is 4.66. The van der Waals surface area contributed by atoms with Crippen LogP contribution in [0.4, 0.5) is 0 Å². The van der Waals surface area contributed by atoms with Gasteiger partial charge in [-0.25, -0.2) is 0 Å². The molecule has 68 valence electrons. The molecule has 5 heteroatoms. The van der Waals surface area contributed by atoms with E-state index >= 15 is 0 Å². The molecule has 0 atom stereocenters. The first-order valence-corrected chi connectivity index (χ1v) is 3.22. The molecule has 0 aliphatic rings. The Bertz CT molecular complexity index is 177. The maximum atomic E-state index is 10.4. The van der Waals surface area contributed by atoms with E-state index in [1.807, 2.05) is 0 Å². The quantitative estimate of drug-likeness (QED) is 0.491. The SMILES string of the molecule is CC(C)(C)C(C(=O)O)C(=O)O.[H-].[H-].[Mg+2]. The Morgan fingerprint density at radius 3 is 1.42 bits per heavy atom. The summed E-state index contributed by atoms with van der Waals surface area (Å²) in [6, 6.07) is 0. The normalized spacial score (nSPS) is 10.7. The molecule has 0 rings (SSSR count). The summed E-state index contributed by atoms with van der Waals surface area (Å²) >= 11 is 0. The molecule has 0 amide bonds. The summed E-state index contributed by atoms with van der Waals surface area (Å²) in [6.45, 7) is 4.75. The van der Waals surface area contributed by atoms with Gasteiger partial charge in [0.2, 0.25) is 0 Å². The number of hydrogen-bond donors (Lipinski definition) is 2. The third-order valence-corrected chi connectivity index (χ3v) is 1.36. The Labute approximate surface area is 90.1 Å². The van der Waals surface area contributed by atoms with Crippen molar-refractivity contribution in [2.24, 2.45) is 11.3 Å². The largest absolute Gasteiger partial charge is 2.00 e. The number of hydrogen-bond acceptors (Lipinski definition) is 2. The third kappa shape index (κ3) is 3.92. The van der Waals surface area contributed by atoms with Gasteiger partial charge in [-0.15, -0.1) is 0 Å². The molecule has 0 fully saturated rings. The van der Waals surface area contributed by atoms with E-state index in [2.05, 4.69) is 0 Å². The smallest absolute Gasteiger partial charge is 1.00 e. The van der Waals surface area contributed by atoms with Gasteiger partial charge in [0.1, 0.15) is 0 Å². The van der Waals surface area contributed by atoms with Gasteiger partial charge in [-0.05, 0) is 5.41 Å². The van der Waals surface area contributed by atoms with Crippen molar-refractivity contribution < 1.29 is 22.7 Å². The molecule has 0 radical (unpaired) electrons. The summed E-state index contributed by atoms with van der Waals surface area (Å²) in [5.41, 5.74) is -0.738. The van der Waals surface area contributed by atoms with Crippen LogP contribution in [0.3, 0.4) is 0 Å². The molecule has 0 bridgehead atoms. The molecule has 0 aliphatic carbocycles. The molecule has 0 saturated heterocycles. The molecule has 0 spiro atoms. The van der Waals surface area contributed by atoms with E-state index < -0.39 is 23.3 Å². The average Bonchev–Trinajstić information content (AvgIpc) is 1.54. The van der Waals surface area contributed by atoms with Crippen molar-refractivity contribution in [2.45, 2.75) is 20.8 Å². The Morgan fingerprint density at radius 2 is 1.42 bits per heavy atom. The topological polar surface area (TPSA) is 74.6 Å². The monoisotopic (exact) mass is 186 g/mol. The van der Waals surface area contributed by atoms with E-state index in [0.717, 1.165) is 0 Å². The summed E-state index contributed by atoms with van der Waals surface area (Å²) in [6.07, 6.45) is 0. The molecule has 0 aromatic heterocycles. The van der Waals surface area contributed by atoms with Gasteiger partial charge in [0.15, 0.2) is 5.92 Å². The van der Waals surface area contributed by atoms with Gasteiger partial charge in [0.25, 0.3) is 0 Å². The van der Waals surface area contributed by atoms with Crippen LogP contribution in [0.25, 0.3) is 0 Å². The van der Waals surface area contributed by atoms with Crippen LogP contribution in [0.5, 0.6) is 0 Å². The fourth-order valence-corrected chi connectivity index (χ4v) is 0.846. The van der Waals surface area contributed by atoms with E-state index in [0.29, 0.717) is 0 Å². The van der Waals surface area contributed by atoms with Crippen LogP contribution in [-0.4, -0.2) is 45.2 Å². The zero-order valence-electron chi connectivity index (χ0n) is 9.50.